The molecule has 1 saturated heterocycles. The van der Waals surface area contributed by atoms with Crippen molar-refractivity contribution in [3.8, 4) is 0 Å². The molecular weight excluding hydrogens is 258 g/mol. The molecule has 2 N–H and O–H groups in total. The Kier molecular flexibility index (Phi) is 3.91. The lowest BCUT2D eigenvalue weighted by molar-refractivity contribution is 0.270. The number of nitrogens with two attached hydrogens (primary N) is 1. The average molecular weight is 289 g/mol. The zero-order valence-corrected chi connectivity index (χ0v) is 14.2. The van der Waals surface area contributed by atoms with Gasteiger partial charge < -0.3 is 15.2 Å². The normalized spacial score (nSPS) is 28.8. The summed E-state index contributed by atoms with van der Waals surface area (Å²) in [5.41, 5.74) is 11.1. The molecule has 2 unspecified atom stereocenters. The maximum absolute atomic E-state index is 6.43. The predicted molar refractivity (Wildman–Crippen MR) is 88.4 cm³/mol. The fourth-order valence-corrected chi connectivity index (χ4v) is 4.37. The highest BCUT2D eigenvalue weighted by Crippen LogP contribution is 2.41. The van der Waals surface area contributed by atoms with Crippen molar-refractivity contribution in [1.82, 2.24) is 9.47 Å². The Bertz CT molecular complexity index is 515. The van der Waals surface area contributed by atoms with Crippen LogP contribution in [0.5, 0.6) is 0 Å². The third kappa shape index (κ3) is 2.91. The monoisotopic (exact) mass is 289 g/mol. The van der Waals surface area contributed by atoms with E-state index < -0.39 is 0 Å². The average Bonchev–Trinajstić information content (AvgIpc) is 2.96. The first-order valence-corrected chi connectivity index (χ1v) is 8.56. The molecule has 0 radical (unpaired) electrons. The van der Waals surface area contributed by atoms with E-state index >= 15 is 0 Å². The molecule has 1 fully saturated rings. The summed E-state index contributed by atoms with van der Waals surface area (Å²) in [5.74, 6) is 0.807. The number of aryl methyl sites for hydroxylation is 1. The minimum Gasteiger partial charge on any atom is -0.348 e. The summed E-state index contributed by atoms with van der Waals surface area (Å²) in [5, 5.41) is 0. The number of rotatable bonds is 3. The molecule has 0 amide bonds. The van der Waals surface area contributed by atoms with Crippen LogP contribution < -0.4 is 5.73 Å². The lowest BCUT2D eigenvalue weighted by Gasteiger charge is -2.35. The maximum Gasteiger partial charge on any atom is 0.0318 e. The van der Waals surface area contributed by atoms with Crippen LogP contribution in [-0.2, 0) is 13.0 Å². The van der Waals surface area contributed by atoms with Gasteiger partial charge in [0.2, 0.25) is 0 Å². The van der Waals surface area contributed by atoms with Gasteiger partial charge in [-0.2, -0.15) is 0 Å². The lowest BCUT2D eigenvalue weighted by Crippen LogP contribution is -2.31. The van der Waals surface area contributed by atoms with Crippen LogP contribution in [0, 0.1) is 18.3 Å². The Balaban J connectivity index is 1.83. The van der Waals surface area contributed by atoms with Crippen LogP contribution in [0.15, 0.2) is 6.07 Å². The molecule has 1 aromatic heterocycles. The summed E-state index contributed by atoms with van der Waals surface area (Å²) < 4.78 is 2.58. The van der Waals surface area contributed by atoms with Gasteiger partial charge >= 0.3 is 0 Å². The Morgan fingerprint density at radius 1 is 1.38 bits per heavy atom. The van der Waals surface area contributed by atoms with Gasteiger partial charge in [-0.3, -0.25) is 0 Å². The lowest BCUT2D eigenvalue weighted by atomic mass is 9.74. The third-order valence-electron chi connectivity index (χ3n) is 5.53. The van der Waals surface area contributed by atoms with Crippen LogP contribution in [0.1, 0.15) is 56.6 Å². The van der Waals surface area contributed by atoms with E-state index in [1.807, 2.05) is 0 Å². The Morgan fingerprint density at radius 3 is 2.81 bits per heavy atom. The van der Waals surface area contributed by atoms with Crippen molar-refractivity contribution >= 4 is 0 Å². The van der Waals surface area contributed by atoms with Gasteiger partial charge in [-0.15, -0.1) is 0 Å². The minimum absolute atomic E-state index is 0.222. The topological polar surface area (TPSA) is 34.2 Å². The van der Waals surface area contributed by atoms with Crippen LogP contribution in [0.2, 0.25) is 0 Å². The molecule has 1 aliphatic carbocycles. The second-order valence-corrected chi connectivity index (χ2v) is 8.00. The molecule has 0 spiro atoms. The first kappa shape index (κ1) is 15.1. The number of hydrogen-bond acceptors (Lipinski definition) is 2. The Labute approximate surface area is 129 Å². The molecule has 3 heteroatoms. The zero-order chi connectivity index (χ0) is 15.2. The number of aromatic nitrogens is 1. The van der Waals surface area contributed by atoms with E-state index in [1.54, 1.807) is 0 Å². The first-order chi connectivity index (χ1) is 9.89. The predicted octanol–water partition coefficient (Wildman–Crippen LogP) is 3.11. The maximum atomic E-state index is 6.43. The van der Waals surface area contributed by atoms with Gasteiger partial charge in [-0.25, -0.2) is 0 Å². The van der Waals surface area contributed by atoms with Crippen molar-refractivity contribution in [3.05, 3.63) is 23.0 Å². The van der Waals surface area contributed by atoms with Gasteiger partial charge in [0.15, 0.2) is 0 Å². The van der Waals surface area contributed by atoms with Crippen molar-refractivity contribution in [1.29, 1.82) is 0 Å². The first-order valence-electron chi connectivity index (χ1n) is 8.56. The Morgan fingerprint density at radius 2 is 2.14 bits per heavy atom. The number of fused-ring (bicyclic) bond motifs is 1. The Hall–Kier alpha value is -0.800. The zero-order valence-electron chi connectivity index (χ0n) is 14.2. The molecule has 118 valence electrons. The summed E-state index contributed by atoms with van der Waals surface area (Å²) in [6, 6.07) is 2.57. The summed E-state index contributed by atoms with van der Waals surface area (Å²) in [7, 11) is 0. The van der Waals surface area contributed by atoms with Crippen LogP contribution in [0.4, 0.5) is 0 Å². The van der Waals surface area contributed by atoms with E-state index in [0.717, 1.165) is 12.3 Å². The second kappa shape index (κ2) is 5.44. The number of likely N-dealkylation sites (tertiary alicyclic amines) is 1. The standard InChI is InChI=1S/C18H31N3/c1-5-20-7-6-14(11-20)12-21-13(2)8-15-16(19)9-18(3,4)10-17(15)21/h8,14,16H,5-7,9-12,19H2,1-4H3. The fraction of sp³-hybridized carbons (Fsp3) is 0.778. The summed E-state index contributed by atoms with van der Waals surface area (Å²) >= 11 is 0. The summed E-state index contributed by atoms with van der Waals surface area (Å²) in [6.45, 7) is 14.1. The molecular formula is C18H31N3. The number of hydrogen-bond donors (Lipinski definition) is 1. The van der Waals surface area contributed by atoms with Crippen LogP contribution in [0.25, 0.3) is 0 Å². The molecule has 1 aromatic rings. The van der Waals surface area contributed by atoms with E-state index in [2.05, 4.69) is 43.2 Å². The highest BCUT2D eigenvalue weighted by molar-refractivity contribution is 5.34. The molecule has 2 atom stereocenters. The van der Waals surface area contributed by atoms with Crippen molar-refractivity contribution in [2.45, 2.75) is 59.5 Å². The van der Waals surface area contributed by atoms with E-state index in [1.165, 1.54) is 56.0 Å². The van der Waals surface area contributed by atoms with Gasteiger partial charge in [-0.1, -0.05) is 20.8 Å². The van der Waals surface area contributed by atoms with Gasteiger partial charge in [0, 0.05) is 30.5 Å². The minimum atomic E-state index is 0.222. The highest BCUT2D eigenvalue weighted by Gasteiger charge is 2.34. The SMILES string of the molecule is CCN1CCC(Cn2c(C)cc3c2CC(C)(C)CC3N)C1. The molecule has 0 saturated carbocycles. The summed E-state index contributed by atoms with van der Waals surface area (Å²) in [4.78, 5) is 2.58. The fourth-order valence-electron chi connectivity index (χ4n) is 4.37. The highest BCUT2D eigenvalue weighted by atomic mass is 15.1. The quantitative estimate of drug-likeness (QED) is 0.927. The largest absolute Gasteiger partial charge is 0.348 e. The van der Waals surface area contributed by atoms with Gasteiger partial charge in [0.1, 0.15) is 0 Å². The molecule has 3 nitrogen and oxygen atoms in total. The van der Waals surface area contributed by atoms with Crippen molar-refractivity contribution < 1.29 is 0 Å². The molecule has 0 bridgehead atoms. The molecule has 21 heavy (non-hydrogen) atoms. The van der Waals surface area contributed by atoms with Crippen LogP contribution >= 0.6 is 0 Å². The molecule has 2 aliphatic rings. The number of nitrogens with zero attached hydrogens (tertiary/aromatic N) is 2. The van der Waals surface area contributed by atoms with E-state index in [9.17, 15) is 0 Å². The molecule has 2 heterocycles. The molecule has 0 aromatic carbocycles. The van der Waals surface area contributed by atoms with Crippen molar-refractivity contribution in [2.75, 3.05) is 19.6 Å². The van der Waals surface area contributed by atoms with Gasteiger partial charge in [0.05, 0.1) is 0 Å². The second-order valence-electron chi connectivity index (χ2n) is 8.00. The van der Waals surface area contributed by atoms with Gasteiger partial charge in [-0.05, 0) is 62.2 Å². The third-order valence-corrected chi connectivity index (χ3v) is 5.53. The van der Waals surface area contributed by atoms with Crippen molar-refractivity contribution in [2.24, 2.45) is 17.1 Å². The molecule has 3 rings (SSSR count). The van der Waals surface area contributed by atoms with E-state index in [0.29, 0.717) is 5.41 Å². The summed E-state index contributed by atoms with van der Waals surface area (Å²) in [6.07, 6.45) is 3.63. The van der Waals surface area contributed by atoms with Crippen molar-refractivity contribution in [3.63, 3.8) is 0 Å². The smallest absolute Gasteiger partial charge is 0.0318 e. The van der Waals surface area contributed by atoms with Crippen LogP contribution in [-0.4, -0.2) is 29.1 Å². The van der Waals surface area contributed by atoms with E-state index in [-0.39, 0.29) is 6.04 Å². The van der Waals surface area contributed by atoms with E-state index in [4.69, 9.17) is 5.73 Å². The van der Waals surface area contributed by atoms with Gasteiger partial charge in [0.25, 0.3) is 0 Å². The molecule has 1 aliphatic heterocycles. The van der Waals surface area contributed by atoms with Crippen LogP contribution in [0.3, 0.4) is 0 Å².